The standard InChI is InChI=1S/C15H20N2S/c1-10-6-5-7-14(8-10)11(2)16-9-15-12(3)17-13(4)18-15/h5-8,11,16H,9H2,1-4H3/t11-/m1/s1. The molecule has 1 aromatic carbocycles. The van der Waals surface area contributed by atoms with Gasteiger partial charge in [-0.1, -0.05) is 29.8 Å². The van der Waals surface area contributed by atoms with E-state index < -0.39 is 0 Å². The quantitative estimate of drug-likeness (QED) is 0.901. The fourth-order valence-corrected chi connectivity index (χ4v) is 2.93. The third kappa shape index (κ3) is 3.18. The highest BCUT2D eigenvalue weighted by molar-refractivity contribution is 7.11. The minimum atomic E-state index is 0.367. The Morgan fingerprint density at radius 1 is 1.28 bits per heavy atom. The van der Waals surface area contributed by atoms with Crippen LogP contribution in [0.15, 0.2) is 24.3 Å². The molecule has 0 saturated heterocycles. The Morgan fingerprint density at radius 3 is 2.67 bits per heavy atom. The summed E-state index contributed by atoms with van der Waals surface area (Å²) in [5.74, 6) is 0. The summed E-state index contributed by atoms with van der Waals surface area (Å²) in [5.41, 5.74) is 3.81. The summed E-state index contributed by atoms with van der Waals surface area (Å²) in [6.07, 6.45) is 0. The van der Waals surface area contributed by atoms with Crippen LogP contribution in [0.5, 0.6) is 0 Å². The van der Waals surface area contributed by atoms with Crippen molar-refractivity contribution in [3.63, 3.8) is 0 Å². The van der Waals surface area contributed by atoms with Gasteiger partial charge in [-0.3, -0.25) is 0 Å². The SMILES string of the molecule is Cc1cccc([C@@H](C)NCc2sc(C)nc2C)c1. The molecule has 1 heterocycles. The van der Waals surface area contributed by atoms with Gasteiger partial charge >= 0.3 is 0 Å². The summed E-state index contributed by atoms with van der Waals surface area (Å²) < 4.78 is 0. The number of rotatable bonds is 4. The van der Waals surface area contributed by atoms with Gasteiger partial charge in [-0.2, -0.15) is 0 Å². The van der Waals surface area contributed by atoms with Gasteiger partial charge < -0.3 is 5.32 Å². The van der Waals surface area contributed by atoms with Gasteiger partial charge in [0.1, 0.15) is 0 Å². The van der Waals surface area contributed by atoms with Crippen LogP contribution in [0.3, 0.4) is 0 Å². The Hall–Kier alpha value is -1.19. The molecule has 3 heteroatoms. The summed E-state index contributed by atoms with van der Waals surface area (Å²) in [7, 11) is 0. The topological polar surface area (TPSA) is 24.9 Å². The third-order valence-electron chi connectivity index (χ3n) is 3.11. The van der Waals surface area contributed by atoms with Crippen LogP contribution < -0.4 is 5.32 Å². The molecule has 2 aromatic rings. The first kappa shape index (κ1) is 13.2. The van der Waals surface area contributed by atoms with E-state index in [0.29, 0.717) is 6.04 Å². The van der Waals surface area contributed by atoms with Crippen molar-refractivity contribution in [2.24, 2.45) is 0 Å². The zero-order chi connectivity index (χ0) is 13.1. The minimum Gasteiger partial charge on any atom is -0.305 e. The highest BCUT2D eigenvalue weighted by Crippen LogP contribution is 2.19. The first-order valence-electron chi connectivity index (χ1n) is 6.29. The molecule has 1 aromatic heterocycles. The Morgan fingerprint density at radius 2 is 2.06 bits per heavy atom. The molecule has 1 atom stereocenters. The molecule has 0 fully saturated rings. The predicted octanol–water partition coefficient (Wildman–Crippen LogP) is 3.92. The van der Waals surface area contributed by atoms with Gasteiger partial charge in [0.05, 0.1) is 10.7 Å². The second-order valence-electron chi connectivity index (χ2n) is 4.76. The van der Waals surface area contributed by atoms with Gasteiger partial charge in [0, 0.05) is 17.5 Å². The number of aryl methyl sites for hydroxylation is 3. The molecule has 2 nitrogen and oxygen atoms in total. The normalized spacial score (nSPS) is 12.7. The number of aromatic nitrogens is 1. The second-order valence-corrected chi connectivity index (χ2v) is 6.05. The van der Waals surface area contributed by atoms with E-state index in [1.165, 1.54) is 16.0 Å². The maximum Gasteiger partial charge on any atom is 0.0900 e. The molecule has 0 bridgehead atoms. The molecule has 0 aliphatic rings. The van der Waals surface area contributed by atoms with E-state index in [0.717, 1.165) is 17.2 Å². The number of thiazole rings is 1. The van der Waals surface area contributed by atoms with Crippen LogP contribution in [0.2, 0.25) is 0 Å². The molecule has 0 radical (unpaired) electrons. The molecule has 1 N–H and O–H groups in total. The number of hydrogen-bond donors (Lipinski definition) is 1. The average molecular weight is 260 g/mol. The largest absolute Gasteiger partial charge is 0.305 e. The lowest BCUT2D eigenvalue weighted by atomic mass is 10.1. The molecule has 96 valence electrons. The molecule has 0 saturated carbocycles. The van der Waals surface area contributed by atoms with E-state index in [4.69, 9.17) is 0 Å². The van der Waals surface area contributed by atoms with Crippen LogP contribution in [-0.4, -0.2) is 4.98 Å². The first-order chi connectivity index (χ1) is 8.56. The van der Waals surface area contributed by atoms with Crippen LogP contribution in [0.25, 0.3) is 0 Å². The van der Waals surface area contributed by atoms with E-state index in [1.807, 2.05) is 0 Å². The highest BCUT2D eigenvalue weighted by atomic mass is 32.1. The molecule has 0 unspecified atom stereocenters. The van der Waals surface area contributed by atoms with E-state index >= 15 is 0 Å². The number of nitrogens with zero attached hydrogens (tertiary/aromatic N) is 1. The van der Waals surface area contributed by atoms with Crippen molar-refractivity contribution in [2.45, 2.75) is 40.3 Å². The van der Waals surface area contributed by atoms with Crippen molar-refractivity contribution in [1.82, 2.24) is 10.3 Å². The van der Waals surface area contributed by atoms with Crippen molar-refractivity contribution < 1.29 is 0 Å². The van der Waals surface area contributed by atoms with E-state index in [9.17, 15) is 0 Å². The first-order valence-corrected chi connectivity index (χ1v) is 7.11. The lowest BCUT2D eigenvalue weighted by Gasteiger charge is -2.14. The van der Waals surface area contributed by atoms with Gasteiger partial charge in [0.2, 0.25) is 0 Å². The van der Waals surface area contributed by atoms with Crippen molar-refractivity contribution in [2.75, 3.05) is 0 Å². The van der Waals surface area contributed by atoms with E-state index in [-0.39, 0.29) is 0 Å². The van der Waals surface area contributed by atoms with Crippen LogP contribution in [-0.2, 0) is 6.54 Å². The van der Waals surface area contributed by atoms with Crippen molar-refractivity contribution >= 4 is 11.3 Å². The van der Waals surface area contributed by atoms with Crippen LogP contribution in [0, 0.1) is 20.8 Å². The fraction of sp³-hybridized carbons (Fsp3) is 0.400. The summed E-state index contributed by atoms with van der Waals surface area (Å²) in [5, 5.41) is 4.71. The molecular formula is C15H20N2S. The second kappa shape index (κ2) is 5.63. The maximum absolute atomic E-state index is 4.45. The lowest BCUT2D eigenvalue weighted by Crippen LogP contribution is -2.18. The highest BCUT2D eigenvalue weighted by Gasteiger charge is 2.08. The summed E-state index contributed by atoms with van der Waals surface area (Å²) >= 11 is 1.78. The summed E-state index contributed by atoms with van der Waals surface area (Å²) in [4.78, 5) is 5.79. The molecule has 18 heavy (non-hydrogen) atoms. The van der Waals surface area contributed by atoms with Gasteiger partial charge in [0.25, 0.3) is 0 Å². The lowest BCUT2D eigenvalue weighted by molar-refractivity contribution is 0.577. The van der Waals surface area contributed by atoms with Gasteiger partial charge in [-0.05, 0) is 33.3 Å². The number of hydrogen-bond acceptors (Lipinski definition) is 3. The molecule has 0 amide bonds. The number of nitrogens with one attached hydrogen (secondary N) is 1. The Bertz CT molecular complexity index is 531. The van der Waals surface area contributed by atoms with Gasteiger partial charge in [0.15, 0.2) is 0 Å². The van der Waals surface area contributed by atoms with Crippen LogP contribution >= 0.6 is 11.3 Å². The van der Waals surface area contributed by atoms with E-state index in [2.05, 4.69) is 62.3 Å². The Kier molecular flexibility index (Phi) is 4.15. The zero-order valence-corrected chi connectivity index (χ0v) is 12.3. The molecular weight excluding hydrogens is 240 g/mol. The average Bonchev–Trinajstić information content (AvgIpc) is 2.65. The fourth-order valence-electron chi connectivity index (χ4n) is 2.04. The van der Waals surface area contributed by atoms with Crippen LogP contribution in [0.4, 0.5) is 0 Å². The smallest absolute Gasteiger partial charge is 0.0900 e. The summed E-state index contributed by atoms with van der Waals surface area (Å²) in [6.45, 7) is 9.38. The van der Waals surface area contributed by atoms with Crippen molar-refractivity contribution in [1.29, 1.82) is 0 Å². The van der Waals surface area contributed by atoms with Crippen molar-refractivity contribution in [3.05, 3.63) is 51.0 Å². The predicted molar refractivity (Wildman–Crippen MR) is 78.0 cm³/mol. The van der Waals surface area contributed by atoms with Crippen LogP contribution in [0.1, 0.15) is 39.7 Å². The van der Waals surface area contributed by atoms with Crippen molar-refractivity contribution in [3.8, 4) is 0 Å². The van der Waals surface area contributed by atoms with Gasteiger partial charge in [-0.15, -0.1) is 11.3 Å². The Balaban J connectivity index is 2.00. The molecule has 0 aliphatic carbocycles. The number of benzene rings is 1. The molecule has 2 rings (SSSR count). The summed E-state index contributed by atoms with van der Waals surface area (Å²) in [6, 6.07) is 9.03. The Labute approximate surface area is 113 Å². The molecule has 0 spiro atoms. The monoisotopic (exact) mass is 260 g/mol. The maximum atomic E-state index is 4.45. The van der Waals surface area contributed by atoms with Gasteiger partial charge in [-0.25, -0.2) is 4.98 Å². The minimum absolute atomic E-state index is 0.367. The van der Waals surface area contributed by atoms with E-state index in [1.54, 1.807) is 11.3 Å². The molecule has 0 aliphatic heterocycles. The zero-order valence-electron chi connectivity index (χ0n) is 11.4. The third-order valence-corrected chi connectivity index (χ3v) is 4.18.